The summed E-state index contributed by atoms with van der Waals surface area (Å²) < 4.78 is 32.1. The van der Waals surface area contributed by atoms with E-state index in [0.29, 0.717) is 41.7 Å². The largest absolute Gasteiger partial charge is 0.506 e. The van der Waals surface area contributed by atoms with Crippen LogP contribution in [0.5, 0.6) is 23.0 Å². The first-order valence-electron chi connectivity index (χ1n) is 23.3. The van der Waals surface area contributed by atoms with Crippen molar-refractivity contribution in [1.82, 2.24) is 5.32 Å². The lowest BCUT2D eigenvalue weighted by atomic mass is 9.87. The van der Waals surface area contributed by atoms with Crippen LogP contribution in [-0.2, 0) is 44.9 Å². The molecule has 0 radical (unpaired) electrons. The van der Waals surface area contributed by atoms with Crippen LogP contribution in [0.15, 0.2) is 87.7 Å². The van der Waals surface area contributed by atoms with Crippen molar-refractivity contribution in [3.05, 3.63) is 70.8 Å². The predicted octanol–water partition coefficient (Wildman–Crippen LogP) is 14.8. The molecule has 0 fully saturated rings. The van der Waals surface area contributed by atoms with Crippen LogP contribution in [0.25, 0.3) is 0 Å². The summed E-state index contributed by atoms with van der Waals surface area (Å²) in [5, 5.41) is 54.9. The minimum atomic E-state index is -3.52. The zero-order valence-corrected chi connectivity index (χ0v) is 47.8. The number of hydrogen-bond acceptors (Lipinski definition) is 14. The fourth-order valence-corrected chi connectivity index (χ4v) is 13.0. The van der Waals surface area contributed by atoms with Crippen molar-refractivity contribution < 1.29 is 53.5 Å². The summed E-state index contributed by atoms with van der Waals surface area (Å²) in [5.74, 6) is -1.24. The van der Waals surface area contributed by atoms with Crippen molar-refractivity contribution in [1.29, 1.82) is 0 Å². The summed E-state index contributed by atoms with van der Waals surface area (Å²) in [5.41, 5.74) is 3.07. The minimum Gasteiger partial charge on any atom is -0.506 e. The van der Waals surface area contributed by atoms with Gasteiger partial charge < -0.3 is 39.3 Å². The molecular formula is C53H74NO11PS4. The van der Waals surface area contributed by atoms with E-state index < -0.39 is 24.8 Å². The number of carboxylic acid groups (broad SMARTS) is 2. The van der Waals surface area contributed by atoms with Gasteiger partial charge >= 0.3 is 19.5 Å². The molecule has 1 heterocycles. The molecule has 0 amide bonds. The number of phenols is 3. The third-order valence-corrected chi connectivity index (χ3v) is 18.2. The average Bonchev–Trinajstić information content (AvgIpc) is 3.21. The maximum Gasteiger partial charge on any atom is 0.349 e. The van der Waals surface area contributed by atoms with Gasteiger partial charge in [0.25, 0.3) is 0 Å². The van der Waals surface area contributed by atoms with Crippen molar-refractivity contribution >= 4 is 66.6 Å². The van der Waals surface area contributed by atoms with Crippen LogP contribution in [0.4, 0.5) is 0 Å². The smallest absolute Gasteiger partial charge is 0.349 e. The number of nitrogens with one attached hydrogen (secondary N) is 1. The van der Waals surface area contributed by atoms with Crippen molar-refractivity contribution in [2.24, 2.45) is 0 Å². The van der Waals surface area contributed by atoms with Gasteiger partial charge in [0.15, 0.2) is 0 Å². The van der Waals surface area contributed by atoms with E-state index in [1.807, 2.05) is 50.2 Å². The molecule has 0 aromatic heterocycles. The second kappa shape index (κ2) is 23.2. The van der Waals surface area contributed by atoms with Gasteiger partial charge in [-0.25, -0.2) is 0 Å². The number of hydrogen-bond donors (Lipinski definition) is 6. The lowest BCUT2D eigenvalue weighted by Crippen LogP contribution is -2.42. The summed E-state index contributed by atoms with van der Waals surface area (Å²) >= 11 is 5.55. The Hall–Kier alpha value is -3.47. The summed E-state index contributed by atoms with van der Waals surface area (Å²) in [6.07, 6.45) is -0.593. The molecule has 4 aromatic rings. The zero-order valence-electron chi connectivity index (χ0n) is 43.6. The summed E-state index contributed by atoms with van der Waals surface area (Å²) in [6.45, 7) is 34.1. The first-order chi connectivity index (χ1) is 32.1. The molecule has 0 saturated carbocycles. The van der Waals surface area contributed by atoms with Gasteiger partial charge in [-0.15, -0.1) is 0 Å². The Morgan fingerprint density at radius 2 is 0.757 bits per heavy atom. The van der Waals surface area contributed by atoms with Crippen LogP contribution in [0, 0.1) is 0 Å². The maximum absolute atomic E-state index is 13.8. The molecule has 0 aliphatic carbocycles. The molecule has 0 unspecified atom stereocenters. The molecule has 6 N–H and O–H groups in total. The molecule has 0 saturated heterocycles. The highest BCUT2D eigenvalue weighted by molar-refractivity contribution is 8.01. The van der Waals surface area contributed by atoms with Crippen LogP contribution in [-0.4, -0.2) is 69.1 Å². The van der Waals surface area contributed by atoms with Gasteiger partial charge in [0, 0.05) is 6.54 Å². The highest BCUT2D eigenvalue weighted by atomic mass is 32.2. The van der Waals surface area contributed by atoms with Crippen LogP contribution in [0.1, 0.15) is 146 Å². The number of aromatic hydroxyl groups is 3. The van der Waals surface area contributed by atoms with E-state index in [9.17, 15) is 29.5 Å². The fourth-order valence-electron chi connectivity index (χ4n) is 6.81. The van der Waals surface area contributed by atoms with Crippen molar-refractivity contribution in [2.75, 3.05) is 26.4 Å². The highest BCUT2D eigenvalue weighted by Gasteiger charge is 2.43. The molecule has 4 aromatic carbocycles. The van der Waals surface area contributed by atoms with Gasteiger partial charge in [-0.3, -0.25) is 19.5 Å². The number of aliphatic carboxylic acids is 2. The van der Waals surface area contributed by atoms with E-state index in [0.717, 1.165) is 32.0 Å². The van der Waals surface area contributed by atoms with Crippen molar-refractivity contribution in [2.45, 2.75) is 190 Å². The van der Waals surface area contributed by atoms with E-state index >= 15 is 0 Å². The monoisotopic (exact) mass is 1060 g/mol. The Morgan fingerprint density at radius 1 is 0.500 bits per heavy atom. The zero-order chi connectivity index (χ0) is 52.9. The lowest BCUT2D eigenvalue weighted by molar-refractivity contribution is -0.143. The standard InChI is InChI=1S/C49H68NO7PS4.C4H6O4/c1-17-56-58(54,57-18-2)49(15,16)50-19-20-55-44-39-27-32(48(12,13)14)28-40(44)62-38-26-31(47(9,10)11)24-36(43(38)53)60-34-22-29(45(3,4)5)21-33(41(34)51)59-35-23-30(46(6,7)8)25-37(61-39)42(35)52;5-3(6)1-2-4(7)8/h21-28,50-53H,17-20H2,1-16H3;1-2H2,(H,5,6)(H,7,8). The fraction of sp³-hybridized carbons (Fsp3) is 0.509. The minimum absolute atomic E-state index is 0.0935. The molecule has 1 aliphatic heterocycles. The first-order valence-corrected chi connectivity index (χ1v) is 28.2. The summed E-state index contributed by atoms with van der Waals surface area (Å²) in [7, 11) is -3.52. The van der Waals surface area contributed by atoms with E-state index in [1.165, 1.54) is 47.0 Å². The molecule has 17 heteroatoms. The third kappa shape index (κ3) is 15.3. The highest BCUT2D eigenvalue weighted by Crippen LogP contribution is 2.59. The Morgan fingerprint density at radius 3 is 1.00 bits per heavy atom. The van der Waals surface area contributed by atoms with Crippen LogP contribution >= 0.6 is 54.6 Å². The number of fused-ring (bicyclic) bond motifs is 8. The van der Waals surface area contributed by atoms with E-state index in [1.54, 1.807) is 13.8 Å². The van der Waals surface area contributed by atoms with E-state index in [4.69, 9.17) is 24.0 Å². The van der Waals surface area contributed by atoms with Crippen LogP contribution < -0.4 is 10.1 Å². The topological polar surface area (TPSA) is 192 Å². The number of phenolic OH excluding ortho intramolecular Hbond substituents is 3. The molecule has 1 aliphatic rings. The molecular weight excluding hydrogens is 986 g/mol. The van der Waals surface area contributed by atoms with Gasteiger partial charge in [0.05, 0.1) is 65.2 Å². The average molecular weight is 1060 g/mol. The molecule has 70 heavy (non-hydrogen) atoms. The predicted molar refractivity (Wildman–Crippen MR) is 285 cm³/mol. The van der Waals surface area contributed by atoms with E-state index in [-0.39, 0.29) is 71.6 Å². The summed E-state index contributed by atoms with van der Waals surface area (Å²) in [4.78, 5) is 24.6. The molecule has 386 valence electrons. The quantitative estimate of drug-likeness (QED) is 0.0481. The normalized spacial score (nSPS) is 13.6. The number of benzene rings is 4. The first kappa shape index (κ1) is 59.1. The SMILES string of the molecule is CCOP(=O)(OCC)C(C)(C)NCCOc1c2cc(C(C)(C)C)cc1Sc1cc(C(C)(C)C)cc(c1O)Sc1cc(C(C)(C)C)cc(c1O)Sc1cc(C(C)(C)C)cc(c1O)S2.O=C(O)CCC(=O)O. The summed E-state index contributed by atoms with van der Waals surface area (Å²) in [6, 6.07) is 16.4. The van der Waals surface area contributed by atoms with Crippen LogP contribution in [0.3, 0.4) is 0 Å². The molecule has 5 rings (SSSR count). The molecule has 0 atom stereocenters. The van der Waals surface area contributed by atoms with Gasteiger partial charge in [0.2, 0.25) is 0 Å². The second-order valence-corrected chi connectivity index (χ2v) is 28.6. The molecule has 0 spiro atoms. The lowest BCUT2D eigenvalue weighted by Gasteiger charge is -2.33. The Labute approximate surface area is 432 Å². The number of rotatable bonds is 13. The maximum atomic E-state index is 13.8. The van der Waals surface area contributed by atoms with Crippen molar-refractivity contribution in [3.63, 3.8) is 0 Å². The van der Waals surface area contributed by atoms with Gasteiger partial charge in [0.1, 0.15) is 34.9 Å². The second-order valence-electron chi connectivity index (χ2n) is 21.6. The third-order valence-electron chi connectivity index (χ3n) is 11.2. The number of carboxylic acids is 2. The van der Waals surface area contributed by atoms with Gasteiger partial charge in [-0.1, -0.05) is 130 Å². The Bertz CT molecular complexity index is 2450. The van der Waals surface area contributed by atoms with Crippen LogP contribution in [0.2, 0.25) is 0 Å². The Balaban J connectivity index is 0.00000122. The number of ether oxygens (including phenoxy) is 1. The van der Waals surface area contributed by atoms with E-state index in [2.05, 4.69) is 101 Å². The van der Waals surface area contributed by atoms with Gasteiger partial charge in [-0.05, 0) is 120 Å². The van der Waals surface area contributed by atoms with Gasteiger partial charge in [-0.2, -0.15) is 0 Å². The Kier molecular flexibility index (Phi) is 19.6. The van der Waals surface area contributed by atoms with Crippen molar-refractivity contribution in [3.8, 4) is 23.0 Å². The molecule has 12 nitrogen and oxygen atoms in total. The number of carbonyl (C=O) groups is 2. The molecule has 8 bridgehead atoms.